The zero-order valence-corrected chi connectivity index (χ0v) is 20.2. The normalized spacial score (nSPS) is 19.9. The number of esters is 1. The number of carbonyl (C=O) groups excluding carboxylic acids is 2. The van der Waals surface area contributed by atoms with Gasteiger partial charge in [0.15, 0.2) is 5.69 Å². The maximum Gasteiger partial charge on any atom is 0.361 e. The lowest BCUT2D eigenvalue weighted by atomic mass is 10.0. The van der Waals surface area contributed by atoms with E-state index in [1.54, 1.807) is 25.7 Å². The van der Waals surface area contributed by atoms with Gasteiger partial charge in [-0.15, -0.1) is 16.4 Å². The largest absolute Gasteiger partial charge is 0.455 e. The van der Waals surface area contributed by atoms with E-state index in [0.717, 1.165) is 15.2 Å². The number of amides is 1. The van der Waals surface area contributed by atoms with Crippen LogP contribution >= 0.6 is 11.3 Å². The molecule has 0 spiro atoms. The fourth-order valence-corrected chi connectivity index (χ4v) is 5.13. The van der Waals surface area contributed by atoms with E-state index >= 15 is 0 Å². The van der Waals surface area contributed by atoms with Crippen LogP contribution < -0.4 is 0 Å². The average Bonchev–Trinajstić information content (AvgIpc) is 3.43. The minimum Gasteiger partial charge on any atom is -0.455 e. The lowest BCUT2D eigenvalue weighted by molar-refractivity contribution is -0.137. The molecule has 1 amide bonds. The first kappa shape index (κ1) is 23.3. The van der Waals surface area contributed by atoms with Crippen molar-refractivity contribution in [1.82, 2.24) is 24.9 Å². The quantitative estimate of drug-likeness (QED) is 0.568. The van der Waals surface area contributed by atoms with Crippen molar-refractivity contribution in [1.29, 1.82) is 0 Å². The van der Waals surface area contributed by atoms with Gasteiger partial charge in [-0.25, -0.2) is 14.5 Å². The SMILES string of the molecule is CC(C)C(C(=O)N1C[C@H](O)C[C@H]1c1nc2ccccc2s1)n1cc(C(=O)OC(C)(C)C)nn1. The Morgan fingerprint density at radius 2 is 1.97 bits per heavy atom. The van der Waals surface area contributed by atoms with E-state index in [2.05, 4.69) is 10.3 Å². The summed E-state index contributed by atoms with van der Waals surface area (Å²) in [6.45, 7) is 9.37. The van der Waals surface area contributed by atoms with Crippen molar-refractivity contribution < 1.29 is 19.4 Å². The van der Waals surface area contributed by atoms with E-state index in [9.17, 15) is 14.7 Å². The molecule has 4 rings (SSSR count). The van der Waals surface area contributed by atoms with Gasteiger partial charge in [-0.1, -0.05) is 31.2 Å². The van der Waals surface area contributed by atoms with Gasteiger partial charge >= 0.3 is 5.97 Å². The van der Waals surface area contributed by atoms with Crippen molar-refractivity contribution in [2.24, 2.45) is 5.92 Å². The molecule has 9 nitrogen and oxygen atoms in total. The van der Waals surface area contributed by atoms with Crippen LogP contribution in [-0.2, 0) is 9.53 Å². The lowest BCUT2D eigenvalue weighted by Gasteiger charge is -2.29. The van der Waals surface area contributed by atoms with Crippen LogP contribution in [0.2, 0.25) is 0 Å². The van der Waals surface area contributed by atoms with Crippen molar-refractivity contribution in [3.8, 4) is 0 Å². The predicted octanol–water partition coefficient (Wildman–Crippen LogP) is 3.37. The zero-order chi connectivity index (χ0) is 23.9. The van der Waals surface area contributed by atoms with Gasteiger partial charge in [-0.05, 0) is 38.8 Å². The summed E-state index contributed by atoms with van der Waals surface area (Å²) in [4.78, 5) is 32.5. The molecule has 1 unspecified atom stereocenters. The number of likely N-dealkylation sites (tertiary alicyclic amines) is 1. The summed E-state index contributed by atoms with van der Waals surface area (Å²) in [5, 5.41) is 19.2. The van der Waals surface area contributed by atoms with Gasteiger partial charge in [-0.3, -0.25) is 4.79 Å². The number of hydrogen-bond acceptors (Lipinski definition) is 8. The molecule has 33 heavy (non-hydrogen) atoms. The van der Waals surface area contributed by atoms with Gasteiger partial charge < -0.3 is 14.7 Å². The summed E-state index contributed by atoms with van der Waals surface area (Å²) >= 11 is 1.53. The predicted molar refractivity (Wildman–Crippen MR) is 124 cm³/mol. The molecule has 3 aromatic rings. The molecule has 0 bridgehead atoms. The van der Waals surface area contributed by atoms with Crippen molar-refractivity contribution in [3.63, 3.8) is 0 Å². The Morgan fingerprint density at radius 1 is 1.24 bits per heavy atom. The molecular weight excluding hydrogens is 442 g/mol. The highest BCUT2D eigenvalue weighted by Gasteiger charge is 2.41. The maximum absolute atomic E-state index is 13.7. The summed E-state index contributed by atoms with van der Waals surface area (Å²) in [6.07, 6.45) is 1.25. The van der Waals surface area contributed by atoms with E-state index in [4.69, 9.17) is 9.72 Å². The molecule has 2 aromatic heterocycles. The number of para-hydroxylation sites is 1. The number of benzene rings is 1. The van der Waals surface area contributed by atoms with E-state index < -0.39 is 23.7 Å². The van der Waals surface area contributed by atoms with E-state index in [-0.39, 0.29) is 30.1 Å². The molecule has 176 valence electrons. The first-order valence-corrected chi connectivity index (χ1v) is 11.8. The average molecular weight is 472 g/mol. The number of thiazole rings is 1. The van der Waals surface area contributed by atoms with Crippen LogP contribution in [0.3, 0.4) is 0 Å². The Labute approximate surface area is 196 Å². The summed E-state index contributed by atoms with van der Waals surface area (Å²) in [7, 11) is 0. The highest BCUT2D eigenvalue weighted by atomic mass is 32.1. The summed E-state index contributed by atoms with van der Waals surface area (Å²) in [6, 6.07) is 6.82. The minimum absolute atomic E-state index is 0.0487. The first-order valence-electron chi connectivity index (χ1n) is 11.0. The van der Waals surface area contributed by atoms with Crippen LogP contribution in [0.4, 0.5) is 0 Å². The Balaban J connectivity index is 1.61. The summed E-state index contributed by atoms with van der Waals surface area (Å²) in [5.74, 6) is -0.904. The van der Waals surface area contributed by atoms with Crippen LogP contribution in [0.1, 0.15) is 68.6 Å². The third-order valence-corrected chi connectivity index (χ3v) is 6.58. The van der Waals surface area contributed by atoms with Crippen molar-refractivity contribution in [2.75, 3.05) is 6.54 Å². The number of β-amino-alcohol motifs (C(OH)–C–C–N with tert-alkyl or cyclic N) is 1. The second-order valence-corrected chi connectivity index (χ2v) is 10.8. The third kappa shape index (κ3) is 4.91. The Morgan fingerprint density at radius 3 is 2.64 bits per heavy atom. The molecule has 1 aromatic carbocycles. The number of aromatic nitrogens is 4. The summed E-state index contributed by atoms with van der Waals surface area (Å²) < 4.78 is 7.83. The topological polar surface area (TPSA) is 110 Å². The number of hydrogen-bond donors (Lipinski definition) is 1. The molecule has 1 aliphatic heterocycles. The molecule has 10 heteroatoms. The number of rotatable bonds is 5. The van der Waals surface area contributed by atoms with E-state index in [0.29, 0.717) is 6.42 Å². The van der Waals surface area contributed by atoms with Gasteiger partial charge in [0.05, 0.1) is 28.6 Å². The second-order valence-electron chi connectivity index (χ2n) is 9.69. The highest BCUT2D eigenvalue weighted by Crippen LogP contribution is 2.38. The van der Waals surface area contributed by atoms with E-state index in [1.165, 1.54) is 22.2 Å². The van der Waals surface area contributed by atoms with Gasteiger partial charge in [0.1, 0.15) is 16.7 Å². The Hall–Kier alpha value is -2.85. The fraction of sp³-hybridized carbons (Fsp3) is 0.522. The standard InChI is InChI=1S/C23H29N5O4S/c1-13(2)19(28-12-16(25-26-28)22(31)32-23(3,4)5)21(30)27-11-14(29)10-17(27)20-24-15-8-6-7-9-18(15)33-20/h6-9,12-14,17,19,29H,10-11H2,1-5H3/t14-,17+,19?/m1/s1. The first-order chi connectivity index (χ1) is 15.5. The molecular formula is C23H29N5O4S. The second kappa shape index (κ2) is 8.83. The molecule has 3 heterocycles. The highest BCUT2D eigenvalue weighted by molar-refractivity contribution is 7.18. The monoisotopic (exact) mass is 471 g/mol. The van der Waals surface area contributed by atoms with Crippen molar-refractivity contribution in [2.45, 2.75) is 64.8 Å². The lowest BCUT2D eigenvalue weighted by Crippen LogP contribution is -2.40. The molecule has 1 saturated heterocycles. The Bertz CT molecular complexity index is 1130. The number of fused-ring (bicyclic) bond motifs is 1. The third-order valence-electron chi connectivity index (χ3n) is 5.45. The van der Waals surface area contributed by atoms with Crippen LogP contribution in [-0.4, -0.2) is 60.1 Å². The molecule has 1 aliphatic rings. The van der Waals surface area contributed by atoms with Gasteiger partial charge in [0.2, 0.25) is 5.91 Å². The van der Waals surface area contributed by atoms with Gasteiger partial charge in [0, 0.05) is 13.0 Å². The molecule has 0 radical (unpaired) electrons. The van der Waals surface area contributed by atoms with Gasteiger partial charge in [0.25, 0.3) is 0 Å². The molecule has 1 fully saturated rings. The number of ether oxygens (including phenoxy) is 1. The number of carbonyl (C=O) groups is 2. The number of aliphatic hydroxyl groups excluding tert-OH is 1. The van der Waals surface area contributed by atoms with Crippen LogP contribution in [0, 0.1) is 5.92 Å². The summed E-state index contributed by atoms with van der Waals surface area (Å²) in [5.41, 5.74) is 0.266. The van der Waals surface area contributed by atoms with Gasteiger partial charge in [-0.2, -0.15) is 0 Å². The zero-order valence-electron chi connectivity index (χ0n) is 19.4. The van der Waals surface area contributed by atoms with Crippen LogP contribution in [0.5, 0.6) is 0 Å². The Kier molecular flexibility index (Phi) is 6.24. The van der Waals surface area contributed by atoms with Crippen molar-refractivity contribution >= 4 is 33.4 Å². The maximum atomic E-state index is 13.7. The smallest absolute Gasteiger partial charge is 0.361 e. The molecule has 3 atom stereocenters. The molecule has 0 saturated carbocycles. The number of nitrogens with zero attached hydrogens (tertiary/aromatic N) is 5. The van der Waals surface area contributed by atoms with Crippen LogP contribution in [0.15, 0.2) is 30.5 Å². The van der Waals surface area contributed by atoms with Crippen molar-refractivity contribution in [3.05, 3.63) is 41.2 Å². The molecule has 1 N–H and O–H groups in total. The number of aliphatic hydroxyl groups is 1. The van der Waals surface area contributed by atoms with Crippen LogP contribution in [0.25, 0.3) is 10.2 Å². The minimum atomic E-state index is -0.684. The molecule has 0 aliphatic carbocycles. The fourth-order valence-electron chi connectivity index (χ4n) is 4.03. The van der Waals surface area contributed by atoms with E-state index in [1.807, 2.05) is 38.1 Å².